The maximum absolute atomic E-state index is 13.5. The summed E-state index contributed by atoms with van der Waals surface area (Å²) in [6, 6.07) is -0.890. The lowest BCUT2D eigenvalue weighted by atomic mass is 10.0. The Morgan fingerprint density at radius 1 is 0.456 bits per heavy atom. The number of hydrogen-bond acceptors (Lipinski definition) is 6. The summed E-state index contributed by atoms with van der Waals surface area (Å²) in [6.07, 6.45) is 80.6. The lowest BCUT2D eigenvalue weighted by molar-refractivity contribution is -0.870. The van der Waals surface area contributed by atoms with Crippen LogP contribution in [0.5, 0.6) is 0 Å². The molecule has 0 aliphatic carbocycles. The van der Waals surface area contributed by atoms with Crippen molar-refractivity contribution in [3.8, 4) is 0 Å². The van der Waals surface area contributed by atoms with Gasteiger partial charge in [-0.25, -0.2) is 4.57 Å². The predicted molar refractivity (Wildman–Crippen MR) is 341 cm³/mol. The zero-order chi connectivity index (χ0) is 57.9. The highest BCUT2D eigenvalue weighted by Gasteiger charge is 2.30. The molecular weight excluding hydrogens is 1000 g/mol. The molecule has 0 aromatic carbocycles. The van der Waals surface area contributed by atoms with Gasteiger partial charge in [-0.05, 0) is 115 Å². The molecule has 10 heteroatoms. The van der Waals surface area contributed by atoms with Crippen LogP contribution in [0.1, 0.15) is 252 Å². The average molecular weight is 1120 g/mol. The Kier molecular flexibility index (Phi) is 55.0. The van der Waals surface area contributed by atoms with Crippen LogP contribution in [0, 0.1) is 0 Å². The van der Waals surface area contributed by atoms with Crippen LogP contribution in [-0.2, 0) is 27.9 Å². The number of likely N-dealkylation sites (N-methyl/N-ethyl adjacent to an activating group) is 1. The van der Waals surface area contributed by atoms with Crippen molar-refractivity contribution in [2.45, 2.75) is 264 Å². The number of esters is 1. The lowest BCUT2D eigenvalue weighted by Gasteiger charge is -2.27. The number of unbranched alkanes of at least 4 members (excludes halogenated alkanes) is 22. The molecule has 452 valence electrons. The molecule has 2 N–H and O–H groups in total. The lowest BCUT2D eigenvalue weighted by Crippen LogP contribution is -2.47. The Hall–Kier alpha value is -3.59. The highest BCUT2D eigenvalue weighted by atomic mass is 31.2. The number of nitrogens with one attached hydrogen (secondary N) is 1. The van der Waals surface area contributed by atoms with E-state index in [-0.39, 0.29) is 37.9 Å². The molecule has 9 nitrogen and oxygen atoms in total. The van der Waals surface area contributed by atoms with E-state index < -0.39 is 20.0 Å². The molecule has 1 amide bonds. The summed E-state index contributed by atoms with van der Waals surface area (Å²) < 4.78 is 30.7. The van der Waals surface area contributed by atoms with Crippen molar-refractivity contribution in [3.63, 3.8) is 0 Å². The van der Waals surface area contributed by atoms with Gasteiger partial charge in [0.15, 0.2) is 0 Å². The molecule has 0 saturated heterocycles. The third kappa shape index (κ3) is 58.9. The molecule has 0 bridgehead atoms. The molecular formula is C69H120N2O7P+. The van der Waals surface area contributed by atoms with Crippen molar-refractivity contribution >= 4 is 19.7 Å². The first kappa shape index (κ1) is 75.4. The predicted octanol–water partition coefficient (Wildman–Crippen LogP) is 19.9. The third-order valence-corrected chi connectivity index (χ3v) is 14.4. The minimum Gasteiger partial charge on any atom is -0.456 e. The molecule has 0 saturated carbocycles. The number of nitrogens with zero attached hydrogens (tertiary/aromatic N) is 1. The topological polar surface area (TPSA) is 111 Å². The van der Waals surface area contributed by atoms with E-state index in [0.29, 0.717) is 23.9 Å². The van der Waals surface area contributed by atoms with Gasteiger partial charge >= 0.3 is 13.8 Å². The van der Waals surface area contributed by atoms with Crippen LogP contribution in [0.15, 0.2) is 122 Å². The van der Waals surface area contributed by atoms with E-state index in [2.05, 4.69) is 135 Å². The second kappa shape index (κ2) is 57.6. The van der Waals surface area contributed by atoms with Crippen molar-refractivity contribution in [2.24, 2.45) is 0 Å². The fourth-order valence-corrected chi connectivity index (χ4v) is 9.22. The van der Waals surface area contributed by atoms with Gasteiger partial charge < -0.3 is 19.4 Å². The molecule has 3 atom stereocenters. The van der Waals surface area contributed by atoms with E-state index in [9.17, 15) is 19.0 Å². The Morgan fingerprint density at radius 3 is 1.27 bits per heavy atom. The van der Waals surface area contributed by atoms with E-state index in [1.54, 1.807) is 0 Å². The average Bonchev–Trinajstić information content (AvgIpc) is 3.41. The Labute approximate surface area is 486 Å². The first-order valence-electron chi connectivity index (χ1n) is 31.9. The molecule has 0 aliphatic rings. The van der Waals surface area contributed by atoms with E-state index in [1.807, 2.05) is 33.3 Å². The monoisotopic (exact) mass is 1120 g/mol. The summed E-state index contributed by atoms with van der Waals surface area (Å²) in [5.74, 6) is -0.589. The number of carbonyl (C=O) groups is 2. The van der Waals surface area contributed by atoms with Crippen molar-refractivity contribution in [3.05, 3.63) is 122 Å². The van der Waals surface area contributed by atoms with Gasteiger partial charge in [0.05, 0.1) is 33.8 Å². The van der Waals surface area contributed by atoms with Gasteiger partial charge in [0.25, 0.3) is 0 Å². The van der Waals surface area contributed by atoms with Crippen LogP contribution in [0.4, 0.5) is 0 Å². The number of ether oxygens (including phenoxy) is 1. The number of phosphoric acid groups is 1. The van der Waals surface area contributed by atoms with Crippen LogP contribution in [0.25, 0.3) is 0 Å². The molecule has 0 aromatic rings. The number of allylic oxidation sites excluding steroid dienone is 19. The van der Waals surface area contributed by atoms with E-state index in [0.717, 1.165) is 103 Å². The first-order valence-corrected chi connectivity index (χ1v) is 33.4. The molecule has 79 heavy (non-hydrogen) atoms. The first-order chi connectivity index (χ1) is 38.4. The van der Waals surface area contributed by atoms with Crippen molar-refractivity contribution in [2.75, 3.05) is 40.9 Å². The molecule has 0 radical (unpaired) electrons. The number of hydrogen-bond donors (Lipinski definition) is 2. The van der Waals surface area contributed by atoms with Crippen LogP contribution in [0.3, 0.4) is 0 Å². The zero-order valence-corrected chi connectivity index (χ0v) is 52.5. The molecule has 0 rings (SSSR count). The van der Waals surface area contributed by atoms with Crippen molar-refractivity contribution in [1.82, 2.24) is 5.32 Å². The number of quaternary nitrogens is 1. The minimum atomic E-state index is -4.48. The molecule has 0 aliphatic heterocycles. The van der Waals surface area contributed by atoms with Gasteiger partial charge in [-0.2, -0.15) is 0 Å². The molecule has 0 fully saturated rings. The maximum Gasteiger partial charge on any atom is 0.472 e. The van der Waals surface area contributed by atoms with Crippen LogP contribution in [0.2, 0.25) is 0 Å². The van der Waals surface area contributed by atoms with Gasteiger partial charge in [-0.15, -0.1) is 0 Å². The molecule has 3 unspecified atom stereocenters. The second-order valence-corrected chi connectivity index (χ2v) is 23.6. The summed E-state index contributed by atoms with van der Waals surface area (Å²) in [6.45, 7) is 6.81. The molecule has 0 spiro atoms. The van der Waals surface area contributed by atoms with E-state index in [1.165, 1.54) is 103 Å². The summed E-state index contributed by atoms with van der Waals surface area (Å²) in [7, 11) is 1.44. The van der Waals surface area contributed by atoms with Crippen LogP contribution >= 0.6 is 7.82 Å². The van der Waals surface area contributed by atoms with Gasteiger partial charge in [-0.3, -0.25) is 18.6 Å². The zero-order valence-electron chi connectivity index (χ0n) is 51.6. The van der Waals surface area contributed by atoms with Crippen LogP contribution < -0.4 is 5.32 Å². The minimum absolute atomic E-state index is 0.0220. The second-order valence-electron chi connectivity index (χ2n) is 22.2. The standard InChI is InChI=1S/C69H119N2O7P/c1-7-10-13-16-19-22-25-28-30-32-33-34-35-36-37-39-41-44-47-50-53-56-59-62-69(73)78-67(60-57-54-51-48-45-42-27-24-21-18-15-12-9-3)66(65-77-79(74,75)76-64-63-71(4,5)6)70-68(72)61-58-55-52-49-46-43-40-38-31-29-26-23-20-17-14-11-8-2/h10,13,19-20,22-23,28-31,33-34,36-37,40,43,49,52,57,60,66-67H,7-9,11-12,14-18,21,24-27,32,35,38-39,41-42,44-48,50-51,53-56,58-59,61-65H2,1-6H3,(H-,70,72,74,75)/p+1/b13-10-,22-19-,23-20-,30-28-,31-29-,34-33-,37-36-,43-40-,52-49-,60-57-. The number of carbonyl (C=O) groups excluding carboxylic acids is 2. The van der Waals surface area contributed by atoms with E-state index >= 15 is 0 Å². The van der Waals surface area contributed by atoms with Crippen molar-refractivity contribution in [1.29, 1.82) is 0 Å². The number of rotatable bonds is 56. The smallest absolute Gasteiger partial charge is 0.456 e. The fourth-order valence-electron chi connectivity index (χ4n) is 8.49. The summed E-state index contributed by atoms with van der Waals surface area (Å²) in [4.78, 5) is 37.7. The van der Waals surface area contributed by atoms with Gasteiger partial charge in [0, 0.05) is 12.8 Å². The fraction of sp³-hybridized carbons (Fsp3) is 0.681. The summed E-state index contributed by atoms with van der Waals surface area (Å²) in [5, 5.41) is 3.02. The van der Waals surface area contributed by atoms with Crippen molar-refractivity contribution < 1.29 is 37.3 Å². The Balaban J connectivity index is 5.35. The van der Waals surface area contributed by atoms with Gasteiger partial charge in [-0.1, -0.05) is 245 Å². The van der Waals surface area contributed by atoms with Gasteiger partial charge in [0.2, 0.25) is 5.91 Å². The normalized spacial score (nSPS) is 14.5. The van der Waals surface area contributed by atoms with E-state index in [4.69, 9.17) is 13.8 Å². The number of phosphoric ester groups is 1. The Morgan fingerprint density at radius 2 is 0.823 bits per heavy atom. The maximum atomic E-state index is 13.5. The third-order valence-electron chi connectivity index (χ3n) is 13.4. The highest BCUT2D eigenvalue weighted by molar-refractivity contribution is 7.47. The summed E-state index contributed by atoms with van der Waals surface area (Å²) >= 11 is 0. The van der Waals surface area contributed by atoms with Crippen LogP contribution in [-0.4, -0.2) is 74.3 Å². The largest absolute Gasteiger partial charge is 0.472 e. The summed E-state index contributed by atoms with van der Waals surface area (Å²) in [5.41, 5.74) is 0. The van der Waals surface area contributed by atoms with Gasteiger partial charge in [0.1, 0.15) is 19.3 Å². The highest BCUT2D eigenvalue weighted by Crippen LogP contribution is 2.43. The quantitative estimate of drug-likeness (QED) is 0.0205. The Bertz CT molecular complexity index is 1770. The SMILES string of the molecule is CC/C=C\C/C=C\C/C=C\C/C=C\C/C=C\CCCCCCCCCC(=O)OC(/C=C\CCCCCCCCCCCCC)C(COP(=O)(O)OCC[N+](C)(C)C)NC(=O)CCC/C=C\C/C=C\C/C=C\C/C=C\CCCCC. The molecule has 0 heterocycles. The molecule has 0 aromatic heterocycles. The number of amides is 1.